The molecule has 0 atom stereocenters. The summed E-state index contributed by atoms with van der Waals surface area (Å²) in [5.74, 6) is 1.16. The smallest absolute Gasteiger partial charge is 0.270 e. The number of unbranched alkanes of at least 4 members (excludes halogenated alkanes) is 1. The van der Waals surface area contributed by atoms with Gasteiger partial charge in [-0.25, -0.2) is 0 Å². The van der Waals surface area contributed by atoms with Gasteiger partial charge < -0.3 is 4.42 Å². The molecule has 3 aromatic rings. The quantitative estimate of drug-likeness (QED) is 0.288. The first kappa shape index (κ1) is 20.9. The molecule has 30 heavy (non-hydrogen) atoms. The van der Waals surface area contributed by atoms with Crippen LogP contribution >= 0.6 is 35.6 Å². The summed E-state index contributed by atoms with van der Waals surface area (Å²) in [7, 11) is 0. The highest BCUT2D eigenvalue weighted by atomic mass is 35.5. The molecule has 1 aliphatic rings. The summed E-state index contributed by atoms with van der Waals surface area (Å²) < 4.78 is 6.42. The summed E-state index contributed by atoms with van der Waals surface area (Å²) >= 11 is 12.8. The van der Waals surface area contributed by atoms with Crippen molar-refractivity contribution in [1.29, 1.82) is 0 Å². The van der Waals surface area contributed by atoms with Crippen LogP contribution in [0.1, 0.15) is 31.1 Å². The van der Waals surface area contributed by atoms with Gasteiger partial charge in [0.15, 0.2) is 4.32 Å². The van der Waals surface area contributed by atoms with Gasteiger partial charge in [0, 0.05) is 16.7 Å². The number of nitrogens with zero attached hydrogens (tertiary/aromatic N) is 1. The molecule has 1 fully saturated rings. The predicted octanol–water partition coefficient (Wildman–Crippen LogP) is 7.35. The van der Waals surface area contributed by atoms with E-state index in [0.29, 0.717) is 25.8 Å². The lowest BCUT2D eigenvalue weighted by Gasteiger charge is -2.15. The van der Waals surface area contributed by atoms with Crippen LogP contribution in [0, 0.1) is 0 Å². The predicted molar refractivity (Wildman–Crippen MR) is 130 cm³/mol. The van der Waals surface area contributed by atoms with Gasteiger partial charge in [-0.15, -0.1) is 0 Å². The summed E-state index contributed by atoms with van der Waals surface area (Å²) in [5, 5.41) is 0.645. The van der Waals surface area contributed by atoms with Crippen LogP contribution in [0.15, 0.2) is 70.0 Å². The van der Waals surface area contributed by atoms with Crippen molar-refractivity contribution in [1.82, 2.24) is 0 Å². The van der Waals surface area contributed by atoms with Crippen LogP contribution in [0.5, 0.6) is 0 Å². The molecule has 1 aliphatic heterocycles. The molecule has 2 aromatic carbocycles. The van der Waals surface area contributed by atoms with E-state index in [-0.39, 0.29) is 5.91 Å². The lowest BCUT2D eigenvalue weighted by atomic mass is 10.1. The van der Waals surface area contributed by atoms with Crippen molar-refractivity contribution in [3.63, 3.8) is 0 Å². The van der Waals surface area contributed by atoms with Gasteiger partial charge in [-0.3, -0.25) is 9.69 Å². The zero-order valence-corrected chi connectivity index (χ0v) is 18.8. The minimum Gasteiger partial charge on any atom is -0.457 e. The van der Waals surface area contributed by atoms with E-state index in [1.54, 1.807) is 11.0 Å². The van der Waals surface area contributed by atoms with Gasteiger partial charge in [0.1, 0.15) is 11.5 Å². The van der Waals surface area contributed by atoms with Gasteiger partial charge in [0.05, 0.1) is 10.6 Å². The van der Waals surface area contributed by atoms with Crippen LogP contribution in [0.3, 0.4) is 0 Å². The van der Waals surface area contributed by atoms with Crippen LogP contribution in [0.2, 0.25) is 5.02 Å². The molecular formula is C24H20ClNO2S2. The van der Waals surface area contributed by atoms with Crippen LogP contribution in [0.4, 0.5) is 5.69 Å². The Bertz CT molecular complexity index is 1120. The second-order valence-corrected chi connectivity index (χ2v) is 9.11. The summed E-state index contributed by atoms with van der Waals surface area (Å²) in [6.45, 7) is 2.18. The van der Waals surface area contributed by atoms with Crippen LogP contribution in [0.25, 0.3) is 17.4 Å². The zero-order valence-electron chi connectivity index (χ0n) is 16.4. The van der Waals surface area contributed by atoms with Crippen molar-refractivity contribution in [2.45, 2.75) is 26.2 Å². The highest BCUT2D eigenvalue weighted by Gasteiger charge is 2.33. The Hall–Kier alpha value is -2.34. The van der Waals surface area contributed by atoms with E-state index >= 15 is 0 Å². The number of halogens is 1. The van der Waals surface area contributed by atoms with Gasteiger partial charge in [0.2, 0.25) is 0 Å². The third-order valence-electron chi connectivity index (χ3n) is 4.82. The number of carbonyl (C=O) groups is 1. The number of furan rings is 1. The van der Waals surface area contributed by atoms with E-state index in [1.807, 2.05) is 48.5 Å². The van der Waals surface area contributed by atoms with Gasteiger partial charge in [-0.1, -0.05) is 73.2 Å². The fourth-order valence-corrected chi connectivity index (χ4v) is 4.71. The second-order valence-electron chi connectivity index (χ2n) is 7.00. The normalized spacial score (nSPS) is 15.4. The number of hydrogen-bond donors (Lipinski definition) is 0. The molecule has 0 spiro atoms. The zero-order chi connectivity index (χ0) is 21.1. The number of benzene rings is 2. The van der Waals surface area contributed by atoms with E-state index < -0.39 is 0 Å². The van der Waals surface area contributed by atoms with Crippen molar-refractivity contribution in [2.24, 2.45) is 0 Å². The van der Waals surface area contributed by atoms with Crippen molar-refractivity contribution in [3.8, 4) is 11.3 Å². The standard InChI is InChI=1S/C24H20ClNO2S2/c1-2-3-5-16-8-10-19(11-9-16)26-23(27)22(30-24(26)29)15-20-12-13-21(28-20)17-6-4-7-18(25)14-17/h4,6-15H,2-3,5H2,1H3/b22-15+. The molecular weight excluding hydrogens is 434 g/mol. The number of rotatable bonds is 6. The maximum Gasteiger partial charge on any atom is 0.270 e. The SMILES string of the molecule is CCCCc1ccc(N2C(=O)/C(=C\c3ccc(-c4cccc(Cl)c4)o3)SC2=S)cc1. The number of amides is 1. The van der Waals surface area contributed by atoms with E-state index in [9.17, 15) is 4.79 Å². The maximum atomic E-state index is 13.0. The number of hydrogen-bond acceptors (Lipinski definition) is 4. The highest BCUT2D eigenvalue weighted by molar-refractivity contribution is 8.27. The van der Waals surface area contributed by atoms with Crippen LogP contribution in [-0.4, -0.2) is 10.2 Å². The second kappa shape index (κ2) is 9.21. The van der Waals surface area contributed by atoms with Gasteiger partial charge >= 0.3 is 0 Å². The molecule has 0 unspecified atom stereocenters. The third kappa shape index (κ3) is 4.53. The summed E-state index contributed by atoms with van der Waals surface area (Å²) in [6, 6.07) is 19.2. The Morgan fingerprint density at radius 2 is 1.93 bits per heavy atom. The number of anilines is 1. The van der Waals surface area contributed by atoms with E-state index in [1.165, 1.54) is 17.3 Å². The van der Waals surface area contributed by atoms with Crippen LogP contribution in [-0.2, 0) is 11.2 Å². The monoisotopic (exact) mass is 453 g/mol. The summed E-state index contributed by atoms with van der Waals surface area (Å²) in [6.07, 6.45) is 5.10. The minimum atomic E-state index is -0.132. The summed E-state index contributed by atoms with van der Waals surface area (Å²) in [4.78, 5) is 15.1. The number of thiocarbonyl (C=S) groups is 1. The molecule has 2 heterocycles. The molecule has 3 nitrogen and oxygen atoms in total. The van der Waals surface area contributed by atoms with Crippen molar-refractivity contribution in [3.05, 3.63) is 81.9 Å². The third-order valence-corrected chi connectivity index (χ3v) is 6.35. The van der Waals surface area contributed by atoms with Crippen molar-refractivity contribution >= 4 is 57.6 Å². The summed E-state index contributed by atoms with van der Waals surface area (Å²) in [5.41, 5.74) is 2.95. The van der Waals surface area contributed by atoms with E-state index in [0.717, 1.165) is 30.5 Å². The lowest BCUT2D eigenvalue weighted by Crippen LogP contribution is -2.27. The molecule has 1 amide bonds. The van der Waals surface area contributed by atoms with E-state index in [2.05, 4.69) is 19.1 Å². The molecule has 0 radical (unpaired) electrons. The fraction of sp³-hybridized carbons (Fsp3) is 0.167. The Balaban J connectivity index is 1.53. The van der Waals surface area contributed by atoms with Crippen LogP contribution < -0.4 is 4.90 Å². The van der Waals surface area contributed by atoms with Crippen molar-refractivity contribution < 1.29 is 9.21 Å². The molecule has 1 aromatic heterocycles. The first-order valence-electron chi connectivity index (χ1n) is 9.78. The molecule has 0 saturated carbocycles. The Morgan fingerprint density at radius 3 is 2.67 bits per heavy atom. The van der Waals surface area contributed by atoms with Gasteiger partial charge in [0.25, 0.3) is 5.91 Å². The fourth-order valence-electron chi connectivity index (χ4n) is 3.24. The molecule has 0 aliphatic carbocycles. The lowest BCUT2D eigenvalue weighted by molar-refractivity contribution is -0.113. The first-order chi connectivity index (χ1) is 14.5. The average molecular weight is 454 g/mol. The Kier molecular flexibility index (Phi) is 6.42. The minimum absolute atomic E-state index is 0.132. The molecule has 152 valence electrons. The van der Waals surface area contributed by atoms with Gasteiger partial charge in [-0.2, -0.15) is 0 Å². The first-order valence-corrected chi connectivity index (χ1v) is 11.4. The molecule has 6 heteroatoms. The molecule has 1 saturated heterocycles. The van der Waals surface area contributed by atoms with Crippen molar-refractivity contribution in [2.75, 3.05) is 4.90 Å². The topological polar surface area (TPSA) is 33.5 Å². The highest BCUT2D eigenvalue weighted by Crippen LogP contribution is 2.37. The molecule has 0 N–H and O–H groups in total. The number of carbonyl (C=O) groups excluding carboxylic acids is 1. The Labute approximate surface area is 190 Å². The van der Waals surface area contributed by atoms with E-state index in [4.69, 9.17) is 28.2 Å². The maximum absolute atomic E-state index is 13.0. The van der Waals surface area contributed by atoms with Gasteiger partial charge in [-0.05, 0) is 54.8 Å². The Morgan fingerprint density at radius 1 is 1.13 bits per heavy atom. The largest absolute Gasteiger partial charge is 0.457 e. The average Bonchev–Trinajstić information content (AvgIpc) is 3.32. The molecule has 0 bridgehead atoms. The number of thioether (sulfide) groups is 1. The number of aryl methyl sites for hydroxylation is 1. The molecule has 4 rings (SSSR count).